The monoisotopic (exact) mass is 337 g/mol. The summed E-state index contributed by atoms with van der Waals surface area (Å²) in [4.78, 5) is 11.8. The van der Waals surface area contributed by atoms with E-state index in [1.807, 2.05) is 60.7 Å². The molecule has 1 N–H and O–H groups in total. The fraction of sp³-hybridized carbons (Fsp3) is 0.133. The van der Waals surface area contributed by atoms with E-state index in [2.05, 4.69) is 21.2 Å². The molecule has 0 unspecified atom stereocenters. The van der Waals surface area contributed by atoms with Crippen LogP contribution < -0.4 is 5.32 Å². The third kappa shape index (κ3) is 3.82. The molecule has 0 radical (unpaired) electrons. The van der Waals surface area contributed by atoms with Gasteiger partial charge in [0.05, 0.1) is 4.83 Å². The van der Waals surface area contributed by atoms with Gasteiger partial charge in [0.15, 0.2) is 0 Å². The molecule has 1 amide bonds. The summed E-state index contributed by atoms with van der Waals surface area (Å²) in [6.45, 7) is 0. The summed E-state index contributed by atoms with van der Waals surface area (Å²) in [5.41, 5.74) is 1.72. The summed E-state index contributed by atoms with van der Waals surface area (Å²) in [5, 5.41) is 2.11. The number of nitrogens with one attached hydrogen (secondary N) is 1. The number of benzene rings is 2. The lowest BCUT2D eigenvalue weighted by Crippen LogP contribution is -2.26. The number of halogens is 2. The average Bonchev–Trinajstić information content (AvgIpc) is 2.47. The summed E-state index contributed by atoms with van der Waals surface area (Å²) in [5.74, 6) is -0.224. The van der Waals surface area contributed by atoms with E-state index < -0.39 is 5.38 Å². The summed E-state index contributed by atoms with van der Waals surface area (Å²) in [7, 11) is 0. The Morgan fingerprint density at radius 2 is 1.53 bits per heavy atom. The fourth-order valence-corrected chi connectivity index (χ4v) is 2.42. The predicted octanol–water partition coefficient (Wildman–Crippen LogP) is 4.37. The molecule has 0 saturated heterocycles. The quantitative estimate of drug-likeness (QED) is 0.824. The van der Waals surface area contributed by atoms with Gasteiger partial charge in [-0.2, -0.15) is 0 Å². The summed E-state index contributed by atoms with van der Waals surface area (Å²) in [6, 6.07) is 18.9. The van der Waals surface area contributed by atoms with Crippen molar-refractivity contribution in [3.8, 4) is 0 Å². The number of carbonyl (C=O) groups excluding carboxylic acids is 1. The van der Waals surface area contributed by atoms with Gasteiger partial charge in [-0.05, 0) is 17.7 Å². The average molecular weight is 339 g/mol. The van der Waals surface area contributed by atoms with E-state index in [0.29, 0.717) is 0 Å². The molecule has 2 atom stereocenters. The zero-order valence-corrected chi connectivity index (χ0v) is 12.4. The zero-order chi connectivity index (χ0) is 13.7. The van der Waals surface area contributed by atoms with Crippen LogP contribution in [0.2, 0.25) is 0 Å². The van der Waals surface area contributed by atoms with Crippen LogP contribution in [0.15, 0.2) is 60.7 Å². The summed E-state index contributed by atoms with van der Waals surface area (Å²) < 4.78 is 0. The lowest BCUT2D eigenvalue weighted by Gasteiger charge is -2.16. The second kappa shape index (κ2) is 6.73. The molecule has 0 bridgehead atoms. The first kappa shape index (κ1) is 14.1. The number of alkyl halides is 2. The molecule has 0 aliphatic heterocycles. The van der Waals surface area contributed by atoms with E-state index in [4.69, 9.17) is 11.6 Å². The van der Waals surface area contributed by atoms with Crippen LogP contribution in [0, 0.1) is 0 Å². The number of anilines is 1. The molecular formula is C15H13BrClNO. The maximum atomic E-state index is 12.1. The highest BCUT2D eigenvalue weighted by Crippen LogP contribution is 2.30. The largest absolute Gasteiger partial charge is 0.325 e. The molecule has 4 heteroatoms. The minimum Gasteiger partial charge on any atom is -0.325 e. The Balaban J connectivity index is 2.03. The van der Waals surface area contributed by atoms with Gasteiger partial charge in [0.2, 0.25) is 5.91 Å². The van der Waals surface area contributed by atoms with E-state index in [0.717, 1.165) is 11.3 Å². The number of para-hydroxylation sites is 1. The Morgan fingerprint density at radius 3 is 2.11 bits per heavy atom. The lowest BCUT2D eigenvalue weighted by molar-refractivity contribution is -0.115. The van der Waals surface area contributed by atoms with Gasteiger partial charge in [-0.3, -0.25) is 4.79 Å². The highest BCUT2D eigenvalue weighted by molar-refractivity contribution is 9.09. The Bertz CT molecular complexity index is 532. The smallest absolute Gasteiger partial charge is 0.243 e. The molecular weight excluding hydrogens is 326 g/mol. The van der Waals surface area contributed by atoms with Gasteiger partial charge < -0.3 is 5.32 Å². The normalized spacial score (nSPS) is 13.6. The van der Waals surface area contributed by atoms with Crippen LogP contribution in [0.25, 0.3) is 0 Å². The maximum absolute atomic E-state index is 12.1. The van der Waals surface area contributed by atoms with E-state index >= 15 is 0 Å². The van der Waals surface area contributed by atoms with Gasteiger partial charge in [0.25, 0.3) is 0 Å². The van der Waals surface area contributed by atoms with Crippen molar-refractivity contribution in [3.05, 3.63) is 66.2 Å². The molecule has 2 rings (SSSR count). The molecule has 0 heterocycles. The van der Waals surface area contributed by atoms with Crippen molar-refractivity contribution in [2.24, 2.45) is 0 Å². The first-order valence-electron chi connectivity index (χ1n) is 5.87. The molecule has 0 spiro atoms. The van der Waals surface area contributed by atoms with Crippen LogP contribution in [0.4, 0.5) is 5.69 Å². The van der Waals surface area contributed by atoms with Crippen LogP contribution in [0.3, 0.4) is 0 Å². The molecule has 0 aliphatic carbocycles. The third-order valence-electron chi connectivity index (χ3n) is 2.67. The van der Waals surface area contributed by atoms with Crippen molar-refractivity contribution < 1.29 is 4.79 Å². The lowest BCUT2D eigenvalue weighted by atomic mass is 10.1. The molecule has 98 valence electrons. The predicted molar refractivity (Wildman–Crippen MR) is 82.8 cm³/mol. The number of hydrogen-bond donors (Lipinski definition) is 1. The Kier molecular flexibility index (Phi) is 5.00. The van der Waals surface area contributed by atoms with Crippen molar-refractivity contribution >= 4 is 39.1 Å². The molecule has 19 heavy (non-hydrogen) atoms. The maximum Gasteiger partial charge on any atom is 0.243 e. The molecule has 2 aromatic carbocycles. The van der Waals surface area contributed by atoms with Gasteiger partial charge in [0, 0.05) is 5.69 Å². The third-order valence-corrected chi connectivity index (χ3v) is 4.48. The van der Waals surface area contributed by atoms with Gasteiger partial charge >= 0.3 is 0 Å². The highest BCUT2D eigenvalue weighted by Gasteiger charge is 2.25. The van der Waals surface area contributed by atoms with Crippen molar-refractivity contribution in [1.82, 2.24) is 0 Å². The van der Waals surface area contributed by atoms with Gasteiger partial charge in [-0.15, -0.1) is 11.6 Å². The van der Waals surface area contributed by atoms with Gasteiger partial charge in [0.1, 0.15) is 5.38 Å². The summed E-state index contributed by atoms with van der Waals surface area (Å²) >= 11 is 9.68. The van der Waals surface area contributed by atoms with E-state index in [1.54, 1.807) is 0 Å². The molecule has 2 nitrogen and oxygen atoms in total. The Hall–Kier alpha value is -1.32. The van der Waals surface area contributed by atoms with Crippen molar-refractivity contribution in [3.63, 3.8) is 0 Å². The van der Waals surface area contributed by atoms with Crippen LogP contribution >= 0.6 is 27.5 Å². The minimum atomic E-state index is -0.678. The Labute approximate surface area is 125 Å². The van der Waals surface area contributed by atoms with Crippen LogP contribution in [0.1, 0.15) is 10.4 Å². The summed E-state index contributed by atoms with van der Waals surface area (Å²) in [6.07, 6.45) is 0. The van der Waals surface area contributed by atoms with Crippen LogP contribution in [-0.2, 0) is 4.79 Å². The number of carbonyl (C=O) groups is 1. The standard InChI is InChI=1S/C15H13BrClNO/c16-13(11-7-3-1-4-8-11)14(17)15(19)18-12-9-5-2-6-10-12/h1-10,13-14H,(H,18,19)/t13-,14+/m1/s1. The molecule has 0 aliphatic rings. The van der Waals surface area contributed by atoms with E-state index in [9.17, 15) is 4.79 Å². The van der Waals surface area contributed by atoms with Crippen LogP contribution in [0.5, 0.6) is 0 Å². The number of amides is 1. The fourth-order valence-electron chi connectivity index (χ4n) is 1.67. The zero-order valence-electron chi connectivity index (χ0n) is 10.1. The minimum absolute atomic E-state index is 0.223. The first-order valence-corrected chi connectivity index (χ1v) is 7.22. The van der Waals surface area contributed by atoms with E-state index in [-0.39, 0.29) is 10.7 Å². The molecule has 2 aromatic rings. The second-order valence-electron chi connectivity index (χ2n) is 4.07. The second-order valence-corrected chi connectivity index (χ2v) is 5.53. The van der Waals surface area contributed by atoms with Crippen molar-refractivity contribution in [1.29, 1.82) is 0 Å². The van der Waals surface area contributed by atoms with Crippen molar-refractivity contribution in [2.75, 3.05) is 5.32 Å². The van der Waals surface area contributed by atoms with Crippen LogP contribution in [-0.4, -0.2) is 11.3 Å². The van der Waals surface area contributed by atoms with Crippen molar-refractivity contribution in [2.45, 2.75) is 10.2 Å². The number of hydrogen-bond acceptors (Lipinski definition) is 1. The molecule has 0 aromatic heterocycles. The van der Waals surface area contributed by atoms with E-state index in [1.165, 1.54) is 0 Å². The highest BCUT2D eigenvalue weighted by atomic mass is 79.9. The Morgan fingerprint density at radius 1 is 1.00 bits per heavy atom. The van der Waals surface area contributed by atoms with Gasteiger partial charge in [-0.1, -0.05) is 64.5 Å². The molecule has 0 fully saturated rings. The first-order chi connectivity index (χ1) is 9.18. The number of rotatable bonds is 4. The topological polar surface area (TPSA) is 29.1 Å². The molecule has 0 saturated carbocycles. The SMILES string of the molecule is O=C(Nc1ccccc1)[C@@H](Cl)[C@H](Br)c1ccccc1. The van der Waals surface area contributed by atoms with Gasteiger partial charge in [-0.25, -0.2) is 0 Å².